The third-order valence-corrected chi connectivity index (χ3v) is 4.83. The fourth-order valence-electron chi connectivity index (χ4n) is 3.78. The van der Waals surface area contributed by atoms with Gasteiger partial charge in [-0.05, 0) is 39.2 Å². The lowest BCUT2D eigenvalue weighted by atomic mass is 10.0. The largest absolute Gasteiger partial charge is 0.405 e. The van der Waals surface area contributed by atoms with Crippen molar-refractivity contribution in [3.05, 3.63) is 0 Å². The minimum atomic E-state index is -4.41. The summed E-state index contributed by atoms with van der Waals surface area (Å²) in [5.41, 5.74) is 0. The van der Waals surface area contributed by atoms with Crippen LogP contribution in [0.1, 0.15) is 39.5 Å². The number of likely N-dealkylation sites (tertiary alicyclic amines) is 2. The van der Waals surface area contributed by atoms with Gasteiger partial charge in [-0.2, -0.15) is 13.2 Å². The molecular weight excluding hydrogens is 311 g/mol. The smallest absolute Gasteiger partial charge is 0.346 e. The Morgan fingerprint density at radius 3 is 2.39 bits per heavy atom. The number of nitrogens with one attached hydrogen (secondary N) is 1. The van der Waals surface area contributed by atoms with E-state index in [1.807, 2.05) is 15.1 Å². The van der Waals surface area contributed by atoms with Crippen molar-refractivity contribution in [3.8, 4) is 0 Å². The zero-order valence-electron chi connectivity index (χ0n) is 13.5. The van der Waals surface area contributed by atoms with Gasteiger partial charge in [-0.15, -0.1) is 0 Å². The number of halogens is 3. The first-order valence-corrected chi connectivity index (χ1v) is 8.08. The summed E-state index contributed by atoms with van der Waals surface area (Å²) in [6.45, 7) is 3.26. The van der Waals surface area contributed by atoms with E-state index in [0.717, 1.165) is 32.2 Å². The molecule has 2 aliphatic heterocycles. The van der Waals surface area contributed by atoms with Gasteiger partial charge >= 0.3 is 6.18 Å². The highest BCUT2D eigenvalue weighted by Gasteiger charge is 2.42. The highest BCUT2D eigenvalue weighted by atomic mass is 19.4. The highest BCUT2D eigenvalue weighted by molar-refractivity contribution is 5.81. The highest BCUT2D eigenvalue weighted by Crippen LogP contribution is 2.31. The molecule has 1 N–H and O–H groups in total. The lowest BCUT2D eigenvalue weighted by molar-refractivity contribution is -0.142. The Morgan fingerprint density at radius 2 is 1.78 bits per heavy atom. The molecule has 2 saturated heterocycles. The Morgan fingerprint density at radius 1 is 1.17 bits per heavy atom. The molecular formula is C15H24F3N3O2. The Kier molecular flexibility index (Phi) is 5.54. The van der Waals surface area contributed by atoms with Crippen LogP contribution in [0.4, 0.5) is 13.2 Å². The standard InChI is InChI=1S/C15H24F3N3O2/c1-10(14(23)19-9-15(16,17)18)20-7-3-5-12(20)13-6-4-8-21(13)11(2)22/h10,12-13H,3-9H2,1-2H3,(H,19,23)/t10-,12+,13+/m0/s1. The van der Waals surface area contributed by atoms with Crippen LogP contribution in [0.2, 0.25) is 0 Å². The van der Waals surface area contributed by atoms with Crippen LogP contribution in [0.5, 0.6) is 0 Å². The van der Waals surface area contributed by atoms with Gasteiger partial charge in [0.15, 0.2) is 0 Å². The van der Waals surface area contributed by atoms with E-state index in [4.69, 9.17) is 0 Å². The molecule has 0 spiro atoms. The van der Waals surface area contributed by atoms with Gasteiger partial charge in [0.25, 0.3) is 0 Å². The van der Waals surface area contributed by atoms with E-state index in [-0.39, 0.29) is 18.0 Å². The second kappa shape index (κ2) is 7.07. The summed E-state index contributed by atoms with van der Waals surface area (Å²) in [7, 11) is 0. The molecule has 0 saturated carbocycles. The van der Waals surface area contributed by atoms with E-state index in [0.29, 0.717) is 6.54 Å². The van der Waals surface area contributed by atoms with Crippen LogP contribution in [0.25, 0.3) is 0 Å². The van der Waals surface area contributed by atoms with Gasteiger partial charge in [0.2, 0.25) is 11.8 Å². The van der Waals surface area contributed by atoms with Crippen molar-refractivity contribution in [1.29, 1.82) is 0 Å². The number of rotatable bonds is 4. The fourth-order valence-corrected chi connectivity index (χ4v) is 3.78. The van der Waals surface area contributed by atoms with E-state index in [9.17, 15) is 22.8 Å². The lowest BCUT2D eigenvalue weighted by Crippen LogP contribution is -2.54. The first-order valence-electron chi connectivity index (χ1n) is 8.08. The van der Waals surface area contributed by atoms with Crippen molar-refractivity contribution in [3.63, 3.8) is 0 Å². The Bertz CT molecular complexity index is 456. The maximum atomic E-state index is 12.2. The summed E-state index contributed by atoms with van der Waals surface area (Å²) < 4.78 is 36.7. The third kappa shape index (κ3) is 4.37. The first kappa shape index (κ1) is 18.0. The Hall–Kier alpha value is -1.31. The topological polar surface area (TPSA) is 52.7 Å². The van der Waals surface area contributed by atoms with E-state index < -0.39 is 24.7 Å². The summed E-state index contributed by atoms with van der Waals surface area (Å²) >= 11 is 0. The second-order valence-corrected chi connectivity index (χ2v) is 6.38. The molecule has 3 atom stereocenters. The van der Waals surface area contributed by atoms with Crippen LogP contribution in [0, 0.1) is 0 Å². The van der Waals surface area contributed by atoms with E-state index in [1.54, 1.807) is 6.92 Å². The molecule has 0 aromatic carbocycles. The number of alkyl halides is 3. The Balaban J connectivity index is 2.00. The molecule has 8 heteroatoms. The quantitative estimate of drug-likeness (QED) is 0.848. The SMILES string of the molecule is CC(=O)N1CCC[C@@H]1[C@H]1CCCN1[C@@H](C)C(=O)NCC(F)(F)F. The molecule has 0 aliphatic carbocycles. The van der Waals surface area contributed by atoms with Gasteiger partial charge in [-0.1, -0.05) is 0 Å². The normalized spacial score (nSPS) is 27.3. The van der Waals surface area contributed by atoms with Gasteiger partial charge in [-0.25, -0.2) is 0 Å². The monoisotopic (exact) mass is 335 g/mol. The van der Waals surface area contributed by atoms with Crippen molar-refractivity contribution in [1.82, 2.24) is 15.1 Å². The minimum Gasteiger partial charge on any atom is -0.346 e. The molecule has 0 aromatic heterocycles. The number of carbonyl (C=O) groups excluding carboxylic acids is 2. The van der Waals surface area contributed by atoms with Crippen molar-refractivity contribution < 1.29 is 22.8 Å². The van der Waals surface area contributed by atoms with Crippen LogP contribution in [-0.2, 0) is 9.59 Å². The van der Waals surface area contributed by atoms with Gasteiger partial charge in [-0.3, -0.25) is 14.5 Å². The number of amides is 2. The molecule has 0 aromatic rings. The van der Waals surface area contributed by atoms with Crippen molar-refractivity contribution in [2.45, 2.75) is 63.8 Å². The number of hydrogen-bond donors (Lipinski definition) is 1. The average molecular weight is 335 g/mol. The summed E-state index contributed by atoms with van der Waals surface area (Å²) in [4.78, 5) is 27.6. The second-order valence-electron chi connectivity index (χ2n) is 6.38. The lowest BCUT2D eigenvalue weighted by Gasteiger charge is -2.37. The maximum absolute atomic E-state index is 12.2. The number of carbonyl (C=O) groups is 2. The predicted molar refractivity (Wildman–Crippen MR) is 78.7 cm³/mol. The van der Waals surface area contributed by atoms with E-state index >= 15 is 0 Å². The minimum absolute atomic E-state index is 0.0218. The molecule has 0 radical (unpaired) electrons. The van der Waals surface area contributed by atoms with Gasteiger partial charge < -0.3 is 10.2 Å². The van der Waals surface area contributed by atoms with Gasteiger partial charge in [0, 0.05) is 25.6 Å². The molecule has 5 nitrogen and oxygen atoms in total. The zero-order valence-corrected chi connectivity index (χ0v) is 13.5. The molecule has 23 heavy (non-hydrogen) atoms. The predicted octanol–water partition coefficient (Wildman–Crippen LogP) is 1.53. The van der Waals surface area contributed by atoms with Crippen LogP contribution in [-0.4, -0.2) is 65.6 Å². The third-order valence-electron chi connectivity index (χ3n) is 4.83. The zero-order chi connectivity index (χ0) is 17.2. The van der Waals surface area contributed by atoms with Crippen molar-refractivity contribution >= 4 is 11.8 Å². The number of nitrogens with zero attached hydrogens (tertiary/aromatic N) is 2. The van der Waals surface area contributed by atoms with Crippen LogP contribution < -0.4 is 5.32 Å². The fraction of sp³-hybridized carbons (Fsp3) is 0.867. The molecule has 2 aliphatic rings. The van der Waals surface area contributed by atoms with Crippen LogP contribution >= 0.6 is 0 Å². The molecule has 2 amide bonds. The number of hydrogen-bond acceptors (Lipinski definition) is 3. The maximum Gasteiger partial charge on any atom is 0.405 e. The van der Waals surface area contributed by atoms with Gasteiger partial charge in [0.05, 0.1) is 6.04 Å². The summed E-state index contributed by atoms with van der Waals surface area (Å²) in [6.07, 6.45) is -0.827. The molecule has 132 valence electrons. The van der Waals surface area contributed by atoms with E-state index in [1.165, 1.54) is 6.92 Å². The van der Waals surface area contributed by atoms with Crippen molar-refractivity contribution in [2.75, 3.05) is 19.6 Å². The Labute approximate surface area is 134 Å². The summed E-state index contributed by atoms with van der Waals surface area (Å²) in [6, 6.07) is -0.514. The molecule has 2 rings (SSSR count). The van der Waals surface area contributed by atoms with Crippen LogP contribution in [0.3, 0.4) is 0 Å². The van der Waals surface area contributed by atoms with Gasteiger partial charge in [0.1, 0.15) is 6.54 Å². The first-order chi connectivity index (χ1) is 10.7. The van der Waals surface area contributed by atoms with Crippen molar-refractivity contribution in [2.24, 2.45) is 0 Å². The molecule has 0 bridgehead atoms. The van der Waals surface area contributed by atoms with Crippen LogP contribution in [0.15, 0.2) is 0 Å². The molecule has 0 unspecified atom stereocenters. The molecule has 2 heterocycles. The average Bonchev–Trinajstić information content (AvgIpc) is 3.10. The molecule has 2 fully saturated rings. The van der Waals surface area contributed by atoms with E-state index in [2.05, 4.69) is 0 Å². The summed E-state index contributed by atoms with van der Waals surface area (Å²) in [5.74, 6) is -0.588. The summed E-state index contributed by atoms with van der Waals surface area (Å²) in [5, 5.41) is 1.96.